The summed E-state index contributed by atoms with van der Waals surface area (Å²) in [7, 11) is 0. The number of aromatic nitrogens is 2. The number of carbonyl (C=O) groups is 2. The van der Waals surface area contributed by atoms with Crippen molar-refractivity contribution in [3.8, 4) is 10.6 Å². The molecule has 32 heavy (non-hydrogen) atoms. The molecule has 0 atom stereocenters. The highest BCUT2D eigenvalue weighted by Gasteiger charge is 2.28. The highest BCUT2D eigenvalue weighted by atomic mass is 32.1. The second kappa shape index (κ2) is 9.16. The number of carbonyl (C=O) groups excluding carboxylic acids is 2. The van der Waals surface area contributed by atoms with E-state index in [4.69, 9.17) is 4.74 Å². The van der Waals surface area contributed by atoms with Crippen LogP contribution in [0.25, 0.3) is 10.6 Å². The van der Waals surface area contributed by atoms with Gasteiger partial charge in [0, 0.05) is 48.2 Å². The van der Waals surface area contributed by atoms with E-state index in [-0.39, 0.29) is 18.0 Å². The first-order chi connectivity index (χ1) is 15.3. The van der Waals surface area contributed by atoms with Crippen LogP contribution in [0.15, 0.2) is 54.2 Å². The van der Waals surface area contributed by atoms with Gasteiger partial charge in [-0.25, -0.2) is 9.78 Å². The summed E-state index contributed by atoms with van der Waals surface area (Å²) >= 11 is 1.56. The fourth-order valence-corrected chi connectivity index (χ4v) is 4.48. The third-order valence-electron chi connectivity index (χ3n) is 5.32. The average molecular weight is 453 g/mol. The van der Waals surface area contributed by atoms with Gasteiger partial charge in [0.25, 0.3) is 5.91 Å². The van der Waals surface area contributed by atoms with Crippen LogP contribution in [0.4, 0.5) is 10.5 Å². The van der Waals surface area contributed by atoms with Crippen molar-refractivity contribution in [3.63, 3.8) is 0 Å². The molecule has 1 aliphatic heterocycles. The van der Waals surface area contributed by atoms with Crippen molar-refractivity contribution in [2.75, 3.05) is 18.4 Å². The number of nitrogens with zero attached hydrogens (tertiary/aromatic N) is 3. The van der Waals surface area contributed by atoms with Gasteiger partial charge in [-0.15, -0.1) is 11.3 Å². The van der Waals surface area contributed by atoms with Gasteiger partial charge < -0.3 is 19.5 Å². The Hall–Kier alpha value is -3.13. The molecule has 0 saturated carbocycles. The minimum absolute atomic E-state index is 0.152. The molecule has 168 valence electrons. The third kappa shape index (κ3) is 5.19. The summed E-state index contributed by atoms with van der Waals surface area (Å²) in [5.74, 6) is -0.152. The Balaban J connectivity index is 1.40. The minimum atomic E-state index is -0.503. The van der Waals surface area contributed by atoms with E-state index in [1.807, 2.05) is 73.3 Å². The standard InChI is InChI=1S/C24H28N4O3S/c1-24(2,3)31-23(30)27-13-9-19(10-14-27)28-12-5-8-20(28)21(29)26-18-7-4-6-17(16-18)22-25-11-15-32-22/h4-8,11-12,15-16,19H,9-10,13-14H2,1-3H3,(H,26,29). The SMILES string of the molecule is CC(C)(C)OC(=O)N1CCC(n2cccc2C(=O)Nc2cccc(-c3nccs3)c2)CC1. The smallest absolute Gasteiger partial charge is 0.410 e. The molecule has 3 aromatic rings. The van der Waals surface area contributed by atoms with Crippen molar-refractivity contribution in [3.05, 3.63) is 59.9 Å². The summed E-state index contributed by atoms with van der Waals surface area (Å²) in [4.78, 5) is 31.4. The summed E-state index contributed by atoms with van der Waals surface area (Å²) in [6.07, 6.45) is 4.98. The number of hydrogen-bond donors (Lipinski definition) is 1. The summed E-state index contributed by atoms with van der Waals surface area (Å²) < 4.78 is 7.50. The van der Waals surface area contributed by atoms with Crippen LogP contribution in [-0.4, -0.2) is 45.1 Å². The van der Waals surface area contributed by atoms with Crippen LogP contribution < -0.4 is 5.32 Å². The number of thiazole rings is 1. The minimum Gasteiger partial charge on any atom is -0.444 e. The van der Waals surface area contributed by atoms with Crippen molar-refractivity contribution in [2.24, 2.45) is 0 Å². The molecule has 1 aliphatic rings. The number of amides is 2. The van der Waals surface area contributed by atoms with Crippen LogP contribution >= 0.6 is 11.3 Å². The summed E-state index contributed by atoms with van der Waals surface area (Å²) in [6, 6.07) is 11.6. The molecule has 8 heteroatoms. The van der Waals surface area contributed by atoms with Crippen molar-refractivity contribution in [2.45, 2.75) is 45.3 Å². The van der Waals surface area contributed by atoms with Gasteiger partial charge in [-0.05, 0) is 57.9 Å². The summed E-state index contributed by atoms with van der Waals surface area (Å²) in [5.41, 5.74) is 1.81. The topological polar surface area (TPSA) is 76.5 Å². The number of piperidine rings is 1. The maximum Gasteiger partial charge on any atom is 0.410 e. The molecule has 0 aliphatic carbocycles. The van der Waals surface area contributed by atoms with Crippen LogP contribution in [0.5, 0.6) is 0 Å². The van der Waals surface area contributed by atoms with Crippen molar-refractivity contribution in [1.82, 2.24) is 14.5 Å². The first-order valence-corrected chi connectivity index (χ1v) is 11.6. The molecule has 2 amide bonds. The molecule has 7 nitrogen and oxygen atoms in total. The molecule has 1 fully saturated rings. The van der Waals surface area contributed by atoms with Crippen molar-refractivity contribution in [1.29, 1.82) is 0 Å². The lowest BCUT2D eigenvalue weighted by atomic mass is 10.0. The summed E-state index contributed by atoms with van der Waals surface area (Å²) in [5, 5.41) is 5.86. The molecule has 0 radical (unpaired) electrons. The third-order valence-corrected chi connectivity index (χ3v) is 6.14. The zero-order valence-corrected chi connectivity index (χ0v) is 19.4. The highest BCUT2D eigenvalue weighted by molar-refractivity contribution is 7.13. The first kappa shape index (κ1) is 22.1. The van der Waals surface area contributed by atoms with Crippen LogP contribution in [0.2, 0.25) is 0 Å². The fourth-order valence-electron chi connectivity index (χ4n) is 3.85. The number of nitrogens with one attached hydrogen (secondary N) is 1. The van der Waals surface area contributed by atoms with Crippen LogP contribution in [0.1, 0.15) is 50.1 Å². The predicted octanol–water partition coefficient (Wildman–Crippen LogP) is 5.44. The molecule has 0 spiro atoms. The van der Waals surface area contributed by atoms with Crippen LogP contribution in [0, 0.1) is 0 Å². The lowest BCUT2D eigenvalue weighted by molar-refractivity contribution is 0.0187. The van der Waals surface area contributed by atoms with Gasteiger partial charge in [-0.1, -0.05) is 12.1 Å². The number of benzene rings is 1. The second-order valence-electron chi connectivity index (χ2n) is 8.87. The van der Waals surface area contributed by atoms with Gasteiger partial charge >= 0.3 is 6.09 Å². The molecule has 2 aromatic heterocycles. The largest absolute Gasteiger partial charge is 0.444 e. The Bertz CT molecular complexity index is 1080. The Morgan fingerprint density at radius 2 is 1.94 bits per heavy atom. The molecule has 1 N–H and O–H groups in total. The number of rotatable bonds is 4. The van der Waals surface area contributed by atoms with Crippen molar-refractivity contribution >= 4 is 29.0 Å². The monoisotopic (exact) mass is 452 g/mol. The predicted molar refractivity (Wildman–Crippen MR) is 126 cm³/mol. The van der Waals surface area contributed by atoms with Gasteiger partial charge in [0.15, 0.2) is 0 Å². The van der Waals surface area contributed by atoms with E-state index in [2.05, 4.69) is 10.3 Å². The Kier molecular flexibility index (Phi) is 6.32. The van der Waals surface area contributed by atoms with Gasteiger partial charge in [-0.3, -0.25) is 4.79 Å². The zero-order valence-electron chi connectivity index (χ0n) is 18.6. The zero-order chi connectivity index (χ0) is 22.7. The van der Waals surface area contributed by atoms with E-state index >= 15 is 0 Å². The highest BCUT2D eigenvalue weighted by Crippen LogP contribution is 2.27. The maximum atomic E-state index is 13.0. The number of likely N-dealkylation sites (tertiary alicyclic amines) is 1. The molecule has 3 heterocycles. The van der Waals surface area contributed by atoms with E-state index in [0.29, 0.717) is 18.8 Å². The van der Waals surface area contributed by atoms with E-state index in [1.165, 1.54) is 0 Å². The lowest BCUT2D eigenvalue weighted by Gasteiger charge is -2.34. The lowest BCUT2D eigenvalue weighted by Crippen LogP contribution is -2.42. The van der Waals surface area contributed by atoms with Gasteiger partial charge in [-0.2, -0.15) is 0 Å². The molecular weight excluding hydrogens is 424 g/mol. The van der Waals surface area contributed by atoms with Gasteiger partial charge in [0.2, 0.25) is 0 Å². The maximum absolute atomic E-state index is 13.0. The molecule has 0 unspecified atom stereocenters. The normalized spacial score (nSPS) is 14.9. The van der Waals surface area contributed by atoms with E-state index in [9.17, 15) is 9.59 Å². The molecular formula is C24H28N4O3S. The molecule has 0 bridgehead atoms. The second-order valence-corrected chi connectivity index (χ2v) is 9.77. The Morgan fingerprint density at radius 3 is 2.62 bits per heavy atom. The molecule has 4 rings (SSSR count). The van der Waals surface area contributed by atoms with E-state index < -0.39 is 5.60 Å². The number of hydrogen-bond acceptors (Lipinski definition) is 5. The quantitative estimate of drug-likeness (QED) is 0.572. The van der Waals surface area contributed by atoms with Crippen LogP contribution in [0.3, 0.4) is 0 Å². The Morgan fingerprint density at radius 1 is 1.16 bits per heavy atom. The Labute approximate surface area is 192 Å². The van der Waals surface area contributed by atoms with Crippen LogP contribution in [-0.2, 0) is 4.74 Å². The first-order valence-electron chi connectivity index (χ1n) is 10.8. The number of anilines is 1. The number of ether oxygens (including phenoxy) is 1. The fraction of sp³-hybridized carbons (Fsp3) is 0.375. The molecule has 1 aromatic carbocycles. The summed E-state index contributed by atoms with van der Waals surface area (Å²) in [6.45, 7) is 6.82. The molecule has 1 saturated heterocycles. The average Bonchev–Trinajstić information content (AvgIpc) is 3.45. The van der Waals surface area contributed by atoms with Gasteiger partial charge in [0.05, 0.1) is 0 Å². The van der Waals surface area contributed by atoms with E-state index in [0.717, 1.165) is 29.1 Å². The van der Waals surface area contributed by atoms with Gasteiger partial charge in [0.1, 0.15) is 16.3 Å². The van der Waals surface area contributed by atoms with Crippen molar-refractivity contribution < 1.29 is 14.3 Å². The van der Waals surface area contributed by atoms with E-state index in [1.54, 1.807) is 22.4 Å².